The van der Waals surface area contributed by atoms with Crippen molar-refractivity contribution in [3.05, 3.63) is 22.9 Å². The largest absolute Gasteiger partial charge is 0.480 e. The van der Waals surface area contributed by atoms with E-state index in [0.29, 0.717) is 0 Å². The highest BCUT2D eigenvalue weighted by molar-refractivity contribution is 6.84. The van der Waals surface area contributed by atoms with Gasteiger partial charge in [0.05, 0.1) is 15.2 Å². The summed E-state index contributed by atoms with van der Waals surface area (Å²) in [5.41, 5.74) is -0.758. The first-order chi connectivity index (χ1) is 7.65. The SMILES string of the molecule is COC(=O)C1(C(=O)O)C=C(C)C([Si](C)(C)C)=C1. The fourth-order valence-electron chi connectivity index (χ4n) is 2.11. The summed E-state index contributed by atoms with van der Waals surface area (Å²) in [6.45, 7) is 8.19. The summed E-state index contributed by atoms with van der Waals surface area (Å²) in [6.07, 6.45) is 3.05. The lowest BCUT2D eigenvalue weighted by Gasteiger charge is -2.20. The molecule has 0 spiro atoms. The number of carbonyl (C=O) groups excluding carboxylic acids is 1. The number of aliphatic carboxylic acids is 1. The summed E-state index contributed by atoms with van der Waals surface area (Å²) in [7, 11) is -0.454. The first kappa shape index (κ1) is 13.7. The highest BCUT2D eigenvalue weighted by Crippen LogP contribution is 2.39. The second-order valence-electron chi connectivity index (χ2n) is 5.30. The Balaban J connectivity index is 3.37. The number of carboxylic acids is 1. The minimum Gasteiger partial charge on any atom is -0.480 e. The third kappa shape index (κ3) is 2.19. The minimum atomic E-state index is -1.66. The number of carboxylic acid groups (broad SMARTS) is 1. The maximum atomic E-state index is 11.7. The van der Waals surface area contributed by atoms with E-state index in [2.05, 4.69) is 24.4 Å². The number of allylic oxidation sites excluding steroid dienone is 2. The van der Waals surface area contributed by atoms with Crippen molar-refractivity contribution in [2.75, 3.05) is 7.11 Å². The van der Waals surface area contributed by atoms with E-state index in [9.17, 15) is 14.7 Å². The fraction of sp³-hybridized carbons (Fsp3) is 0.500. The maximum Gasteiger partial charge on any atom is 0.331 e. The molecule has 17 heavy (non-hydrogen) atoms. The Bertz CT molecular complexity index is 428. The van der Waals surface area contributed by atoms with Crippen molar-refractivity contribution >= 4 is 20.0 Å². The van der Waals surface area contributed by atoms with Crippen molar-refractivity contribution in [1.29, 1.82) is 0 Å². The molecule has 0 saturated carbocycles. The third-order valence-corrected chi connectivity index (χ3v) is 5.08. The standard InChI is InChI=1S/C12H18O4Si/c1-8-6-12(10(13)14,11(15)16-2)7-9(8)17(3,4)5/h6-7H,1-5H3,(H,13,14). The number of esters is 1. The summed E-state index contributed by atoms with van der Waals surface area (Å²) < 4.78 is 4.61. The van der Waals surface area contributed by atoms with Gasteiger partial charge in [-0.15, -0.1) is 0 Å². The quantitative estimate of drug-likeness (QED) is 0.475. The zero-order valence-electron chi connectivity index (χ0n) is 10.8. The van der Waals surface area contributed by atoms with Crippen LogP contribution in [0.2, 0.25) is 19.6 Å². The molecule has 0 bridgehead atoms. The van der Waals surface area contributed by atoms with Gasteiger partial charge in [-0.2, -0.15) is 0 Å². The van der Waals surface area contributed by atoms with Gasteiger partial charge in [-0.1, -0.05) is 36.5 Å². The second kappa shape index (κ2) is 4.14. The molecule has 1 unspecified atom stereocenters. The Morgan fingerprint density at radius 2 is 1.82 bits per heavy atom. The number of ether oxygens (including phenoxy) is 1. The molecule has 1 aliphatic rings. The molecule has 5 heteroatoms. The monoisotopic (exact) mass is 254 g/mol. The van der Waals surface area contributed by atoms with E-state index in [1.165, 1.54) is 13.2 Å². The molecule has 94 valence electrons. The van der Waals surface area contributed by atoms with Crippen molar-refractivity contribution in [3.8, 4) is 0 Å². The van der Waals surface area contributed by atoms with Crippen LogP contribution in [-0.2, 0) is 14.3 Å². The van der Waals surface area contributed by atoms with Crippen LogP contribution in [0.1, 0.15) is 6.92 Å². The highest BCUT2D eigenvalue weighted by Gasteiger charge is 2.48. The Morgan fingerprint density at radius 1 is 1.29 bits per heavy atom. The predicted octanol–water partition coefficient (Wildman–Crippen LogP) is 1.99. The lowest BCUT2D eigenvalue weighted by molar-refractivity contribution is -0.159. The van der Waals surface area contributed by atoms with E-state index in [1.807, 2.05) is 6.92 Å². The first-order valence-corrected chi connectivity index (χ1v) is 8.90. The van der Waals surface area contributed by atoms with Crippen molar-refractivity contribution < 1.29 is 19.4 Å². The second-order valence-corrected chi connectivity index (χ2v) is 10.3. The van der Waals surface area contributed by atoms with Gasteiger partial charge in [0.25, 0.3) is 0 Å². The summed E-state index contributed by atoms with van der Waals surface area (Å²) in [6, 6.07) is 0. The topological polar surface area (TPSA) is 63.6 Å². The van der Waals surface area contributed by atoms with Crippen molar-refractivity contribution in [2.24, 2.45) is 5.41 Å². The number of methoxy groups -OCH3 is 1. The Hall–Kier alpha value is -1.36. The first-order valence-electron chi connectivity index (χ1n) is 5.40. The van der Waals surface area contributed by atoms with E-state index in [0.717, 1.165) is 10.8 Å². The molecule has 0 aromatic heterocycles. The molecule has 1 N–H and O–H groups in total. The third-order valence-electron chi connectivity index (χ3n) is 2.93. The zero-order valence-corrected chi connectivity index (χ0v) is 11.8. The van der Waals surface area contributed by atoms with Gasteiger partial charge in [-0.25, -0.2) is 0 Å². The maximum absolute atomic E-state index is 11.7. The molecule has 4 nitrogen and oxygen atoms in total. The van der Waals surface area contributed by atoms with Gasteiger partial charge in [-0.05, 0) is 13.0 Å². The normalized spacial score (nSPS) is 24.1. The molecule has 1 atom stereocenters. The van der Waals surface area contributed by atoms with Gasteiger partial charge in [0.15, 0.2) is 0 Å². The van der Waals surface area contributed by atoms with Crippen LogP contribution in [0.5, 0.6) is 0 Å². The average molecular weight is 254 g/mol. The fourth-order valence-corrected chi connectivity index (χ4v) is 4.02. The van der Waals surface area contributed by atoms with Gasteiger partial charge < -0.3 is 9.84 Å². The van der Waals surface area contributed by atoms with Crippen LogP contribution in [-0.4, -0.2) is 32.2 Å². The van der Waals surface area contributed by atoms with Crippen LogP contribution in [0.25, 0.3) is 0 Å². The van der Waals surface area contributed by atoms with E-state index in [4.69, 9.17) is 0 Å². The lowest BCUT2D eigenvalue weighted by Crippen LogP contribution is -2.36. The van der Waals surface area contributed by atoms with Crippen molar-refractivity contribution in [3.63, 3.8) is 0 Å². The lowest BCUT2D eigenvalue weighted by atomic mass is 9.90. The van der Waals surface area contributed by atoms with E-state index < -0.39 is 25.4 Å². The smallest absolute Gasteiger partial charge is 0.331 e. The van der Waals surface area contributed by atoms with Crippen LogP contribution in [0, 0.1) is 5.41 Å². The Morgan fingerprint density at radius 3 is 2.12 bits per heavy atom. The van der Waals surface area contributed by atoms with Gasteiger partial charge in [0.1, 0.15) is 0 Å². The van der Waals surface area contributed by atoms with Crippen LogP contribution in [0.3, 0.4) is 0 Å². The molecular formula is C12H18O4Si. The predicted molar refractivity (Wildman–Crippen MR) is 67.3 cm³/mol. The number of hydrogen-bond acceptors (Lipinski definition) is 3. The molecule has 0 aromatic rings. The van der Waals surface area contributed by atoms with E-state index in [1.54, 1.807) is 6.08 Å². The van der Waals surface area contributed by atoms with Crippen LogP contribution >= 0.6 is 0 Å². The molecule has 0 aromatic carbocycles. The van der Waals surface area contributed by atoms with E-state index >= 15 is 0 Å². The summed E-state index contributed by atoms with van der Waals surface area (Å²) in [5.74, 6) is -1.92. The van der Waals surface area contributed by atoms with Crippen LogP contribution < -0.4 is 0 Å². The molecule has 0 fully saturated rings. The van der Waals surface area contributed by atoms with Gasteiger partial charge in [0, 0.05) is 0 Å². The van der Waals surface area contributed by atoms with Gasteiger partial charge in [0.2, 0.25) is 5.41 Å². The van der Waals surface area contributed by atoms with Crippen molar-refractivity contribution in [2.45, 2.75) is 26.6 Å². The number of rotatable bonds is 3. The van der Waals surface area contributed by atoms with Crippen LogP contribution in [0.15, 0.2) is 22.9 Å². The van der Waals surface area contributed by atoms with Gasteiger partial charge >= 0.3 is 11.9 Å². The molecule has 1 aliphatic carbocycles. The molecule has 0 saturated heterocycles. The van der Waals surface area contributed by atoms with Crippen LogP contribution in [0.4, 0.5) is 0 Å². The molecular weight excluding hydrogens is 236 g/mol. The molecule has 0 heterocycles. The zero-order chi connectivity index (χ0) is 13.4. The van der Waals surface area contributed by atoms with Gasteiger partial charge in [-0.3, -0.25) is 9.59 Å². The number of carbonyl (C=O) groups is 2. The summed E-state index contributed by atoms with van der Waals surface area (Å²) in [5, 5.41) is 10.3. The molecule has 0 aliphatic heterocycles. The summed E-state index contributed by atoms with van der Waals surface area (Å²) in [4.78, 5) is 23.1. The van der Waals surface area contributed by atoms with Crippen molar-refractivity contribution in [1.82, 2.24) is 0 Å². The molecule has 1 rings (SSSR count). The number of hydrogen-bond donors (Lipinski definition) is 1. The van der Waals surface area contributed by atoms with E-state index in [-0.39, 0.29) is 0 Å². The average Bonchev–Trinajstić information content (AvgIpc) is 2.55. The summed E-state index contributed by atoms with van der Waals surface area (Å²) >= 11 is 0. The minimum absolute atomic E-state index is 0.738. The highest BCUT2D eigenvalue weighted by atomic mass is 28.3. The Kier molecular flexibility index (Phi) is 3.34. The molecule has 0 amide bonds. The molecule has 0 radical (unpaired) electrons. The Labute approximate surface area is 102 Å².